The molecule has 0 radical (unpaired) electrons. The van der Waals surface area contributed by atoms with Crippen molar-refractivity contribution in [3.63, 3.8) is 0 Å². The van der Waals surface area contributed by atoms with Crippen LogP contribution in [0.3, 0.4) is 0 Å². The molecule has 9 aromatic rings. The van der Waals surface area contributed by atoms with Gasteiger partial charge in [0.2, 0.25) is 0 Å². The van der Waals surface area contributed by atoms with Crippen molar-refractivity contribution < 1.29 is 0 Å². The van der Waals surface area contributed by atoms with Crippen LogP contribution in [0, 0.1) is 0 Å². The van der Waals surface area contributed by atoms with Crippen LogP contribution in [0.25, 0.3) is 89.4 Å². The van der Waals surface area contributed by atoms with Crippen molar-refractivity contribution in [2.75, 3.05) is 0 Å². The van der Waals surface area contributed by atoms with Gasteiger partial charge < -0.3 is 0 Å². The smallest absolute Gasteiger partial charge is 0.164 e. The molecule has 0 spiro atoms. The molecule has 1 aliphatic carbocycles. The van der Waals surface area contributed by atoms with Gasteiger partial charge in [-0.25, -0.2) is 15.0 Å². The van der Waals surface area contributed by atoms with Crippen molar-refractivity contribution in [1.82, 2.24) is 15.0 Å². The van der Waals surface area contributed by atoms with E-state index in [2.05, 4.69) is 190 Å². The van der Waals surface area contributed by atoms with Gasteiger partial charge in [0.05, 0.1) is 0 Å². The maximum atomic E-state index is 5.39. The number of hydrogen-bond donors (Lipinski definition) is 0. The van der Waals surface area contributed by atoms with Crippen LogP contribution in [-0.4, -0.2) is 15.0 Å². The molecule has 8 aromatic carbocycles. The zero-order valence-electron chi connectivity index (χ0n) is 30.7. The zero-order chi connectivity index (χ0) is 36.9. The van der Waals surface area contributed by atoms with Crippen LogP contribution in [0.2, 0.25) is 0 Å². The summed E-state index contributed by atoms with van der Waals surface area (Å²) in [6.45, 7) is 4.67. The minimum Gasteiger partial charge on any atom is -0.208 e. The van der Waals surface area contributed by atoms with E-state index in [-0.39, 0.29) is 5.41 Å². The highest BCUT2D eigenvalue weighted by molar-refractivity contribution is 5.97. The van der Waals surface area contributed by atoms with Gasteiger partial charge >= 0.3 is 0 Å². The molecule has 0 N–H and O–H groups in total. The molecular weight excluding hydrogens is 667 g/mol. The van der Waals surface area contributed by atoms with Gasteiger partial charge in [0, 0.05) is 22.1 Å². The monoisotopic (exact) mass is 703 g/mol. The quantitative estimate of drug-likeness (QED) is 0.173. The van der Waals surface area contributed by atoms with E-state index < -0.39 is 0 Å². The summed E-state index contributed by atoms with van der Waals surface area (Å²) < 4.78 is 0. The molecule has 3 nitrogen and oxygen atoms in total. The van der Waals surface area contributed by atoms with E-state index in [0.717, 1.165) is 55.5 Å². The second-order valence-corrected chi connectivity index (χ2v) is 14.8. The van der Waals surface area contributed by atoms with Crippen molar-refractivity contribution >= 4 is 10.8 Å². The first kappa shape index (κ1) is 32.7. The lowest BCUT2D eigenvalue weighted by molar-refractivity contribution is 0.660. The molecule has 0 aliphatic heterocycles. The fourth-order valence-corrected chi connectivity index (χ4v) is 8.37. The molecule has 55 heavy (non-hydrogen) atoms. The predicted octanol–water partition coefficient (Wildman–Crippen LogP) is 13.3. The summed E-state index contributed by atoms with van der Waals surface area (Å²) in [6.07, 6.45) is 0. The molecule has 0 saturated carbocycles. The number of aromatic nitrogens is 3. The third-order valence-corrected chi connectivity index (χ3v) is 11.2. The lowest BCUT2D eigenvalue weighted by Gasteiger charge is -2.22. The Labute approximate surface area is 321 Å². The number of benzene rings is 8. The van der Waals surface area contributed by atoms with Gasteiger partial charge in [0.15, 0.2) is 17.5 Å². The van der Waals surface area contributed by atoms with Crippen LogP contribution in [0.5, 0.6) is 0 Å². The number of fused-ring (bicyclic) bond motifs is 4. The van der Waals surface area contributed by atoms with Crippen molar-refractivity contribution in [1.29, 1.82) is 0 Å². The van der Waals surface area contributed by atoms with E-state index in [0.29, 0.717) is 17.5 Å². The molecule has 10 rings (SSSR count). The fraction of sp³-hybridized carbons (Fsp3) is 0.0577. The molecule has 0 atom stereocenters. The van der Waals surface area contributed by atoms with Crippen LogP contribution in [0.4, 0.5) is 0 Å². The van der Waals surface area contributed by atoms with Crippen LogP contribution in [-0.2, 0) is 5.41 Å². The normalized spacial score (nSPS) is 12.7. The molecule has 1 heterocycles. The molecule has 1 aromatic heterocycles. The summed E-state index contributed by atoms with van der Waals surface area (Å²) >= 11 is 0. The molecule has 0 bridgehead atoms. The first-order valence-electron chi connectivity index (χ1n) is 18.9. The summed E-state index contributed by atoms with van der Waals surface area (Å²) in [5, 5.41) is 2.30. The standard InChI is InChI=1S/C52H37N3/c1-52(2)47-28-16-15-25-41(47)42-30-29-38(33-48(42)52)45-31-36-21-9-10-22-37(36)32-46(45)51-54-49(43-26-13-11-23-39(43)34-17-5-3-6-18-34)53-50(55-51)44-27-14-12-24-40(44)35-19-7-4-8-20-35/h3-33H,1-2H3. The minimum absolute atomic E-state index is 0.130. The Balaban J connectivity index is 1.24. The Hall–Kier alpha value is -6.97. The average molecular weight is 704 g/mol. The third-order valence-electron chi connectivity index (χ3n) is 11.2. The van der Waals surface area contributed by atoms with Crippen molar-refractivity contribution in [2.45, 2.75) is 19.3 Å². The second-order valence-electron chi connectivity index (χ2n) is 14.8. The summed E-state index contributed by atoms with van der Waals surface area (Å²) in [5.74, 6) is 1.90. The van der Waals surface area contributed by atoms with Gasteiger partial charge in [-0.3, -0.25) is 0 Å². The van der Waals surface area contributed by atoms with Crippen LogP contribution >= 0.6 is 0 Å². The van der Waals surface area contributed by atoms with Gasteiger partial charge in [-0.1, -0.05) is 184 Å². The SMILES string of the molecule is CC1(C)c2ccccc2-c2ccc(-c3cc4ccccc4cc3-c3nc(-c4ccccc4-c4ccccc4)nc(-c4ccccc4-c4ccccc4)n3)cc21. The second kappa shape index (κ2) is 13.2. The van der Waals surface area contributed by atoms with E-state index >= 15 is 0 Å². The largest absolute Gasteiger partial charge is 0.208 e. The molecule has 260 valence electrons. The lowest BCUT2D eigenvalue weighted by Crippen LogP contribution is -2.14. The maximum Gasteiger partial charge on any atom is 0.164 e. The third kappa shape index (κ3) is 5.64. The number of nitrogens with zero attached hydrogens (tertiary/aromatic N) is 3. The number of hydrogen-bond acceptors (Lipinski definition) is 3. The summed E-state index contributed by atoms with van der Waals surface area (Å²) in [5.41, 5.74) is 14.6. The molecule has 0 unspecified atom stereocenters. The van der Waals surface area contributed by atoms with Crippen molar-refractivity contribution in [3.8, 4) is 78.7 Å². The Morgan fingerprint density at radius 2 is 0.709 bits per heavy atom. The van der Waals surface area contributed by atoms with Crippen LogP contribution in [0.1, 0.15) is 25.0 Å². The fourth-order valence-electron chi connectivity index (χ4n) is 8.37. The zero-order valence-corrected chi connectivity index (χ0v) is 30.7. The topological polar surface area (TPSA) is 38.7 Å². The van der Waals surface area contributed by atoms with Gasteiger partial charge in [-0.2, -0.15) is 0 Å². The molecular formula is C52H37N3. The molecule has 0 amide bonds. The van der Waals surface area contributed by atoms with Crippen LogP contribution in [0.15, 0.2) is 188 Å². The maximum absolute atomic E-state index is 5.39. The van der Waals surface area contributed by atoms with E-state index in [9.17, 15) is 0 Å². The van der Waals surface area contributed by atoms with E-state index in [1.807, 2.05) is 12.1 Å². The Morgan fingerprint density at radius 1 is 0.291 bits per heavy atom. The summed E-state index contributed by atoms with van der Waals surface area (Å²) in [7, 11) is 0. The Kier molecular flexibility index (Phi) is 7.81. The van der Waals surface area contributed by atoms with E-state index in [4.69, 9.17) is 15.0 Å². The highest BCUT2D eigenvalue weighted by Gasteiger charge is 2.35. The average Bonchev–Trinajstić information content (AvgIpc) is 3.49. The van der Waals surface area contributed by atoms with Crippen molar-refractivity contribution in [3.05, 3.63) is 199 Å². The minimum atomic E-state index is -0.130. The summed E-state index contributed by atoms with van der Waals surface area (Å²) in [4.78, 5) is 16.1. The van der Waals surface area contributed by atoms with Gasteiger partial charge in [0.25, 0.3) is 0 Å². The summed E-state index contributed by atoms with van der Waals surface area (Å²) in [6, 6.07) is 66.7. The first-order valence-corrected chi connectivity index (χ1v) is 18.9. The van der Waals surface area contributed by atoms with Gasteiger partial charge in [0.1, 0.15) is 0 Å². The van der Waals surface area contributed by atoms with Gasteiger partial charge in [-0.15, -0.1) is 0 Å². The predicted molar refractivity (Wildman–Crippen MR) is 228 cm³/mol. The molecule has 0 fully saturated rings. The highest BCUT2D eigenvalue weighted by atomic mass is 15.0. The van der Waals surface area contributed by atoms with Crippen molar-refractivity contribution in [2.24, 2.45) is 0 Å². The van der Waals surface area contributed by atoms with Gasteiger partial charge in [-0.05, 0) is 84.6 Å². The lowest BCUT2D eigenvalue weighted by atomic mass is 9.81. The highest BCUT2D eigenvalue weighted by Crippen LogP contribution is 2.50. The Bertz CT molecular complexity index is 2790. The molecule has 1 aliphatic rings. The van der Waals surface area contributed by atoms with E-state index in [1.165, 1.54) is 27.6 Å². The first-order chi connectivity index (χ1) is 27.0. The number of rotatable bonds is 6. The molecule has 0 saturated heterocycles. The molecule has 3 heteroatoms. The van der Waals surface area contributed by atoms with E-state index in [1.54, 1.807) is 0 Å². The Morgan fingerprint density at radius 3 is 1.27 bits per heavy atom. The van der Waals surface area contributed by atoms with Crippen LogP contribution < -0.4 is 0 Å².